The molecule has 0 atom stereocenters. The first-order valence-corrected chi connectivity index (χ1v) is 6.86. The van der Waals surface area contributed by atoms with Gasteiger partial charge in [0.25, 0.3) is 0 Å². The third-order valence-corrected chi connectivity index (χ3v) is 3.04. The summed E-state index contributed by atoms with van der Waals surface area (Å²) in [5, 5.41) is 0. The Balaban J connectivity index is 0.00000192. The Kier molecular flexibility index (Phi) is 5.07. The van der Waals surface area contributed by atoms with Crippen LogP contribution >= 0.6 is 0 Å². The summed E-state index contributed by atoms with van der Waals surface area (Å²) in [5.74, 6) is 2.83. The monoisotopic (exact) mass is 309 g/mol. The summed E-state index contributed by atoms with van der Waals surface area (Å²) >= 11 is 0. The minimum atomic E-state index is 0. The lowest BCUT2D eigenvalue weighted by molar-refractivity contribution is 0.460. The van der Waals surface area contributed by atoms with Crippen LogP contribution in [0.4, 0.5) is 11.4 Å². The molecule has 3 aromatic rings. The Bertz CT molecular complexity index is 693. The molecule has 0 amide bonds. The number of rotatable bonds is 4. The van der Waals surface area contributed by atoms with Gasteiger partial charge in [-0.1, -0.05) is 6.07 Å². The van der Waals surface area contributed by atoms with Crippen molar-refractivity contribution in [3.8, 4) is 23.0 Å². The zero-order chi connectivity index (χ0) is 15.4. The van der Waals surface area contributed by atoms with E-state index in [1.807, 2.05) is 48.5 Å². The molecule has 0 heterocycles. The standard InChI is InChI=1S/C18H16N2O2.H3N/c19-13-4-8-15(9-5-13)21-17-2-1-3-18(12-17)22-16-10-6-14(20)7-11-16;/h1-12H,19-20H2;1H3. The second-order valence-corrected chi connectivity index (χ2v) is 4.82. The first kappa shape index (κ1) is 16.2. The van der Waals surface area contributed by atoms with Gasteiger partial charge < -0.3 is 27.1 Å². The van der Waals surface area contributed by atoms with Crippen LogP contribution in [0, 0.1) is 0 Å². The quantitative estimate of drug-likeness (QED) is 0.611. The van der Waals surface area contributed by atoms with Gasteiger partial charge in [-0.3, -0.25) is 0 Å². The molecule has 0 saturated carbocycles. The molecule has 0 saturated heterocycles. The summed E-state index contributed by atoms with van der Waals surface area (Å²) in [5.41, 5.74) is 12.7. The molecule has 23 heavy (non-hydrogen) atoms. The fraction of sp³-hybridized carbons (Fsp3) is 0. The van der Waals surface area contributed by atoms with Gasteiger partial charge in [0.05, 0.1) is 0 Å². The average Bonchev–Trinajstić information content (AvgIpc) is 2.52. The molecular formula is C18H19N3O2. The molecule has 0 aliphatic heterocycles. The van der Waals surface area contributed by atoms with E-state index in [9.17, 15) is 0 Å². The predicted octanol–water partition coefficient (Wildman–Crippen LogP) is 4.60. The van der Waals surface area contributed by atoms with Crippen LogP contribution in [0.15, 0.2) is 72.8 Å². The van der Waals surface area contributed by atoms with Crippen molar-refractivity contribution in [3.05, 3.63) is 72.8 Å². The van der Waals surface area contributed by atoms with E-state index < -0.39 is 0 Å². The highest BCUT2D eigenvalue weighted by Crippen LogP contribution is 2.28. The lowest BCUT2D eigenvalue weighted by Gasteiger charge is -2.09. The van der Waals surface area contributed by atoms with E-state index in [-0.39, 0.29) is 6.15 Å². The van der Waals surface area contributed by atoms with Crippen LogP contribution in [0.3, 0.4) is 0 Å². The van der Waals surface area contributed by atoms with Gasteiger partial charge in [-0.15, -0.1) is 0 Å². The van der Waals surface area contributed by atoms with Crippen molar-refractivity contribution in [2.24, 2.45) is 0 Å². The predicted molar refractivity (Wildman–Crippen MR) is 93.3 cm³/mol. The average molecular weight is 309 g/mol. The SMILES string of the molecule is N.Nc1ccc(Oc2cccc(Oc3ccc(N)cc3)c2)cc1. The number of nitrogen functional groups attached to an aromatic ring is 2. The van der Waals surface area contributed by atoms with Crippen molar-refractivity contribution in [1.82, 2.24) is 6.15 Å². The highest BCUT2D eigenvalue weighted by molar-refractivity contribution is 5.45. The molecule has 0 fully saturated rings. The normalized spacial score (nSPS) is 9.74. The Hall–Kier alpha value is -3.18. The number of nitrogens with two attached hydrogens (primary N) is 2. The van der Waals surface area contributed by atoms with Gasteiger partial charge >= 0.3 is 0 Å². The minimum absolute atomic E-state index is 0. The molecule has 0 radical (unpaired) electrons. The fourth-order valence-electron chi connectivity index (χ4n) is 1.95. The topological polar surface area (TPSA) is 106 Å². The van der Waals surface area contributed by atoms with Crippen LogP contribution in [-0.2, 0) is 0 Å². The third kappa shape index (κ3) is 4.39. The van der Waals surface area contributed by atoms with Crippen LogP contribution in [0.25, 0.3) is 0 Å². The zero-order valence-corrected chi connectivity index (χ0v) is 12.6. The maximum Gasteiger partial charge on any atom is 0.131 e. The van der Waals surface area contributed by atoms with Crippen LogP contribution in [0.2, 0.25) is 0 Å². The molecule has 3 rings (SSSR count). The van der Waals surface area contributed by atoms with E-state index in [0.717, 1.165) is 11.5 Å². The van der Waals surface area contributed by atoms with Gasteiger partial charge in [-0.2, -0.15) is 0 Å². The van der Waals surface area contributed by atoms with Crippen molar-refractivity contribution in [3.63, 3.8) is 0 Å². The van der Waals surface area contributed by atoms with E-state index in [4.69, 9.17) is 20.9 Å². The lowest BCUT2D eigenvalue weighted by atomic mass is 10.3. The first-order chi connectivity index (χ1) is 10.7. The smallest absolute Gasteiger partial charge is 0.131 e. The van der Waals surface area contributed by atoms with Crippen molar-refractivity contribution < 1.29 is 9.47 Å². The Morgan fingerprint density at radius 1 is 0.522 bits per heavy atom. The van der Waals surface area contributed by atoms with Gasteiger partial charge in [0.2, 0.25) is 0 Å². The molecule has 0 unspecified atom stereocenters. The minimum Gasteiger partial charge on any atom is -0.457 e. The van der Waals surface area contributed by atoms with E-state index in [1.165, 1.54) is 0 Å². The largest absolute Gasteiger partial charge is 0.457 e. The molecule has 7 N–H and O–H groups in total. The van der Waals surface area contributed by atoms with Crippen molar-refractivity contribution in [2.45, 2.75) is 0 Å². The maximum absolute atomic E-state index is 5.78. The van der Waals surface area contributed by atoms with Crippen LogP contribution in [0.1, 0.15) is 0 Å². The van der Waals surface area contributed by atoms with E-state index in [0.29, 0.717) is 22.9 Å². The molecule has 118 valence electrons. The summed E-state index contributed by atoms with van der Waals surface area (Å²) in [7, 11) is 0. The van der Waals surface area contributed by atoms with Gasteiger partial charge in [0, 0.05) is 17.4 Å². The Morgan fingerprint density at radius 3 is 1.30 bits per heavy atom. The first-order valence-electron chi connectivity index (χ1n) is 6.86. The zero-order valence-electron chi connectivity index (χ0n) is 12.6. The summed E-state index contributed by atoms with van der Waals surface area (Å²) < 4.78 is 11.6. The van der Waals surface area contributed by atoms with Gasteiger partial charge in [0.15, 0.2) is 0 Å². The Labute approximate surface area is 135 Å². The lowest BCUT2D eigenvalue weighted by Crippen LogP contribution is -1.89. The molecule has 3 aromatic carbocycles. The number of ether oxygens (including phenoxy) is 2. The molecule has 5 nitrogen and oxygen atoms in total. The molecule has 5 heteroatoms. The number of anilines is 2. The highest BCUT2D eigenvalue weighted by Gasteiger charge is 2.02. The maximum atomic E-state index is 5.78. The molecular weight excluding hydrogens is 290 g/mol. The van der Waals surface area contributed by atoms with Crippen LogP contribution in [-0.4, -0.2) is 0 Å². The summed E-state index contributed by atoms with van der Waals surface area (Å²) in [6.07, 6.45) is 0. The van der Waals surface area contributed by atoms with Crippen molar-refractivity contribution >= 4 is 11.4 Å². The highest BCUT2D eigenvalue weighted by atomic mass is 16.5. The number of benzene rings is 3. The summed E-state index contributed by atoms with van der Waals surface area (Å²) in [6.45, 7) is 0. The molecule has 0 spiro atoms. The van der Waals surface area contributed by atoms with Crippen molar-refractivity contribution in [2.75, 3.05) is 11.5 Å². The van der Waals surface area contributed by atoms with E-state index in [2.05, 4.69) is 0 Å². The molecule has 0 bridgehead atoms. The second-order valence-electron chi connectivity index (χ2n) is 4.82. The third-order valence-electron chi connectivity index (χ3n) is 3.04. The second kappa shape index (κ2) is 7.20. The van der Waals surface area contributed by atoms with Crippen molar-refractivity contribution in [1.29, 1.82) is 0 Å². The van der Waals surface area contributed by atoms with E-state index >= 15 is 0 Å². The molecule has 0 aliphatic carbocycles. The number of hydrogen-bond donors (Lipinski definition) is 3. The van der Waals surface area contributed by atoms with Gasteiger partial charge in [-0.05, 0) is 60.7 Å². The number of hydrogen-bond acceptors (Lipinski definition) is 5. The Morgan fingerprint density at radius 2 is 0.913 bits per heavy atom. The molecule has 0 aliphatic rings. The van der Waals surface area contributed by atoms with Gasteiger partial charge in [0.1, 0.15) is 23.0 Å². The van der Waals surface area contributed by atoms with Crippen LogP contribution < -0.4 is 27.1 Å². The summed E-state index contributed by atoms with van der Waals surface area (Å²) in [4.78, 5) is 0. The van der Waals surface area contributed by atoms with Gasteiger partial charge in [-0.25, -0.2) is 0 Å². The fourth-order valence-corrected chi connectivity index (χ4v) is 1.95. The summed E-state index contributed by atoms with van der Waals surface area (Å²) in [6, 6.07) is 21.9. The van der Waals surface area contributed by atoms with Crippen LogP contribution in [0.5, 0.6) is 23.0 Å². The molecule has 0 aromatic heterocycles. The van der Waals surface area contributed by atoms with E-state index in [1.54, 1.807) is 24.3 Å².